The molecule has 0 aliphatic heterocycles. The van der Waals surface area contributed by atoms with Crippen LogP contribution in [0.1, 0.15) is 29.3 Å². The quantitative estimate of drug-likeness (QED) is 0.489. The molecule has 28 heavy (non-hydrogen) atoms. The molecule has 0 saturated carbocycles. The Bertz CT molecular complexity index is 1090. The van der Waals surface area contributed by atoms with Gasteiger partial charge in [-0.2, -0.15) is 0 Å². The predicted molar refractivity (Wildman–Crippen MR) is 106 cm³/mol. The number of hydrogen-bond acceptors (Lipinski definition) is 8. The largest absolute Gasteiger partial charge is 0.449 e. The second-order valence-electron chi connectivity index (χ2n) is 5.90. The SMILES string of the molecule is CC(OC(=O)c1ccc(Br)c(S(=O)(=O)N(C)C)c1)c1nnc(-c2cccs2)o1. The van der Waals surface area contributed by atoms with Crippen molar-refractivity contribution in [3.05, 3.63) is 51.6 Å². The maximum Gasteiger partial charge on any atom is 0.338 e. The molecular weight excluding hydrogens is 470 g/mol. The normalized spacial score (nSPS) is 12.9. The fourth-order valence-corrected chi connectivity index (χ4v) is 4.69. The first-order valence-electron chi connectivity index (χ1n) is 8.00. The number of esters is 1. The van der Waals surface area contributed by atoms with E-state index in [2.05, 4.69) is 26.1 Å². The molecule has 0 radical (unpaired) electrons. The number of carbonyl (C=O) groups excluding carboxylic acids is 1. The lowest BCUT2D eigenvalue weighted by Crippen LogP contribution is -2.23. The lowest BCUT2D eigenvalue weighted by molar-refractivity contribution is 0.0279. The second-order valence-corrected chi connectivity index (χ2v) is 9.83. The van der Waals surface area contributed by atoms with Crippen LogP contribution in [0.25, 0.3) is 10.8 Å². The third-order valence-electron chi connectivity index (χ3n) is 3.73. The van der Waals surface area contributed by atoms with Crippen LogP contribution < -0.4 is 0 Å². The third-order valence-corrected chi connectivity index (χ3v) is 7.40. The van der Waals surface area contributed by atoms with E-state index < -0.39 is 22.1 Å². The Morgan fingerprint density at radius 1 is 1.29 bits per heavy atom. The molecule has 1 aromatic carbocycles. The molecule has 0 aliphatic rings. The van der Waals surface area contributed by atoms with E-state index in [9.17, 15) is 13.2 Å². The summed E-state index contributed by atoms with van der Waals surface area (Å²) in [6.45, 7) is 1.60. The Balaban J connectivity index is 1.80. The van der Waals surface area contributed by atoms with Gasteiger partial charge in [0.2, 0.25) is 10.0 Å². The van der Waals surface area contributed by atoms with Gasteiger partial charge in [0.1, 0.15) is 0 Å². The molecule has 2 aromatic heterocycles. The van der Waals surface area contributed by atoms with Gasteiger partial charge in [-0.15, -0.1) is 21.5 Å². The highest BCUT2D eigenvalue weighted by atomic mass is 79.9. The van der Waals surface area contributed by atoms with Gasteiger partial charge in [-0.25, -0.2) is 17.5 Å². The van der Waals surface area contributed by atoms with E-state index in [0.29, 0.717) is 10.4 Å². The Morgan fingerprint density at radius 3 is 2.68 bits per heavy atom. The predicted octanol–water partition coefficient (Wildman–Crippen LogP) is 3.73. The zero-order valence-corrected chi connectivity index (χ0v) is 18.3. The molecule has 2 heterocycles. The fourth-order valence-electron chi connectivity index (χ4n) is 2.20. The summed E-state index contributed by atoms with van der Waals surface area (Å²) in [5.74, 6) is -0.211. The van der Waals surface area contributed by atoms with Crippen LogP contribution in [-0.4, -0.2) is 43.0 Å². The van der Waals surface area contributed by atoms with Crippen LogP contribution >= 0.6 is 27.3 Å². The molecule has 1 unspecified atom stereocenters. The Morgan fingerprint density at radius 2 is 2.04 bits per heavy atom. The monoisotopic (exact) mass is 485 g/mol. The van der Waals surface area contributed by atoms with E-state index in [1.807, 2.05) is 17.5 Å². The summed E-state index contributed by atoms with van der Waals surface area (Å²) >= 11 is 4.65. The molecule has 0 spiro atoms. The molecule has 0 fully saturated rings. The molecule has 0 bridgehead atoms. The lowest BCUT2D eigenvalue weighted by atomic mass is 10.2. The molecule has 0 saturated heterocycles. The van der Waals surface area contributed by atoms with Gasteiger partial charge in [-0.3, -0.25) is 0 Å². The highest BCUT2D eigenvalue weighted by Gasteiger charge is 2.24. The summed E-state index contributed by atoms with van der Waals surface area (Å²) < 4.78 is 37.1. The summed E-state index contributed by atoms with van der Waals surface area (Å²) in [4.78, 5) is 13.3. The minimum Gasteiger partial charge on any atom is -0.449 e. The number of sulfonamides is 1. The number of benzene rings is 1. The van der Waals surface area contributed by atoms with Gasteiger partial charge in [0.15, 0.2) is 6.10 Å². The summed E-state index contributed by atoms with van der Waals surface area (Å²) in [6.07, 6.45) is -0.800. The lowest BCUT2D eigenvalue weighted by Gasteiger charge is -2.14. The van der Waals surface area contributed by atoms with Gasteiger partial charge < -0.3 is 9.15 Å². The van der Waals surface area contributed by atoms with Crippen LogP contribution in [0.2, 0.25) is 0 Å². The molecule has 8 nitrogen and oxygen atoms in total. The number of ether oxygens (including phenoxy) is 1. The van der Waals surface area contributed by atoms with Crippen LogP contribution in [0.15, 0.2) is 49.5 Å². The van der Waals surface area contributed by atoms with Gasteiger partial charge in [-0.05, 0) is 52.5 Å². The van der Waals surface area contributed by atoms with E-state index in [-0.39, 0.29) is 16.3 Å². The number of nitrogens with zero attached hydrogens (tertiary/aromatic N) is 3. The maximum absolute atomic E-state index is 12.5. The Kier molecular flexibility index (Phi) is 5.98. The smallest absolute Gasteiger partial charge is 0.338 e. The van der Waals surface area contributed by atoms with Gasteiger partial charge >= 0.3 is 5.97 Å². The minimum absolute atomic E-state index is 0.0302. The van der Waals surface area contributed by atoms with Crippen LogP contribution in [0.4, 0.5) is 0 Å². The standard InChI is InChI=1S/C17H16BrN3O5S2/c1-10(15-19-20-16(26-15)13-5-4-8-27-13)25-17(22)11-6-7-12(18)14(9-11)28(23,24)21(2)3/h4-10H,1-3H3. The summed E-state index contributed by atoms with van der Waals surface area (Å²) in [5, 5.41) is 9.75. The summed E-state index contributed by atoms with van der Waals surface area (Å²) in [5.41, 5.74) is 0.0912. The van der Waals surface area contributed by atoms with Crippen molar-refractivity contribution in [1.82, 2.24) is 14.5 Å². The number of thiophene rings is 1. The van der Waals surface area contributed by atoms with Crippen molar-refractivity contribution in [1.29, 1.82) is 0 Å². The first kappa shape index (κ1) is 20.6. The molecule has 148 valence electrons. The van der Waals surface area contributed by atoms with Gasteiger partial charge in [0.25, 0.3) is 11.8 Å². The molecule has 0 aliphatic carbocycles. The molecule has 3 rings (SSSR count). The van der Waals surface area contributed by atoms with E-state index >= 15 is 0 Å². The average Bonchev–Trinajstić information content (AvgIpc) is 3.33. The van der Waals surface area contributed by atoms with Gasteiger partial charge in [-0.1, -0.05) is 6.07 Å². The van der Waals surface area contributed by atoms with E-state index in [4.69, 9.17) is 9.15 Å². The highest BCUT2D eigenvalue weighted by molar-refractivity contribution is 9.10. The number of aromatic nitrogens is 2. The molecule has 11 heteroatoms. The first-order chi connectivity index (χ1) is 13.2. The molecular formula is C17H16BrN3O5S2. The zero-order valence-electron chi connectivity index (χ0n) is 15.1. The number of rotatable bonds is 6. The van der Waals surface area contributed by atoms with Crippen molar-refractivity contribution >= 4 is 43.3 Å². The molecule has 0 N–H and O–H groups in total. The number of carbonyl (C=O) groups is 1. The van der Waals surface area contributed by atoms with Crippen LogP contribution in [-0.2, 0) is 14.8 Å². The van der Waals surface area contributed by atoms with Crippen molar-refractivity contribution < 1.29 is 22.4 Å². The van der Waals surface area contributed by atoms with Crippen LogP contribution in [0, 0.1) is 0 Å². The van der Waals surface area contributed by atoms with E-state index in [1.165, 1.54) is 43.6 Å². The number of hydrogen-bond donors (Lipinski definition) is 0. The van der Waals surface area contributed by atoms with Crippen molar-refractivity contribution in [3.63, 3.8) is 0 Å². The first-order valence-corrected chi connectivity index (χ1v) is 11.1. The van der Waals surface area contributed by atoms with E-state index in [1.54, 1.807) is 6.92 Å². The number of halogens is 1. The van der Waals surface area contributed by atoms with Crippen molar-refractivity contribution in [2.45, 2.75) is 17.9 Å². The summed E-state index contributed by atoms with van der Waals surface area (Å²) in [7, 11) is -0.902. The zero-order chi connectivity index (χ0) is 20.5. The molecule has 3 aromatic rings. The Hall–Kier alpha value is -2.08. The minimum atomic E-state index is -3.73. The van der Waals surface area contributed by atoms with Gasteiger partial charge in [0, 0.05) is 18.6 Å². The maximum atomic E-state index is 12.5. The van der Waals surface area contributed by atoms with Crippen LogP contribution in [0.3, 0.4) is 0 Å². The van der Waals surface area contributed by atoms with Gasteiger partial charge in [0.05, 0.1) is 15.3 Å². The van der Waals surface area contributed by atoms with Crippen molar-refractivity contribution in [2.75, 3.05) is 14.1 Å². The highest BCUT2D eigenvalue weighted by Crippen LogP contribution is 2.28. The fraction of sp³-hybridized carbons (Fsp3) is 0.235. The van der Waals surface area contributed by atoms with E-state index in [0.717, 1.165) is 9.18 Å². The van der Waals surface area contributed by atoms with Crippen molar-refractivity contribution in [3.8, 4) is 10.8 Å². The Labute approximate surface area is 174 Å². The molecule has 0 amide bonds. The van der Waals surface area contributed by atoms with Crippen molar-refractivity contribution in [2.24, 2.45) is 0 Å². The second kappa shape index (κ2) is 8.11. The van der Waals surface area contributed by atoms with Crippen LogP contribution in [0.5, 0.6) is 0 Å². The summed E-state index contributed by atoms with van der Waals surface area (Å²) in [6, 6.07) is 7.92. The average molecular weight is 486 g/mol. The topological polar surface area (TPSA) is 103 Å². The molecule has 1 atom stereocenters. The third kappa shape index (κ3) is 4.17.